The first-order valence-corrected chi connectivity index (χ1v) is 4.45. The third kappa shape index (κ3) is 1.63. The second kappa shape index (κ2) is 3.57. The predicted molar refractivity (Wildman–Crippen MR) is 48.2 cm³/mol. The van der Waals surface area contributed by atoms with Crippen molar-refractivity contribution in [3.63, 3.8) is 0 Å². The highest BCUT2D eigenvalue weighted by atomic mass is 16.4. The van der Waals surface area contributed by atoms with E-state index in [1.165, 1.54) is 0 Å². The summed E-state index contributed by atoms with van der Waals surface area (Å²) in [4.78, 5) is 16.5. The van der Waals surface area contributed by atoms with Crippen molar-refractivity contribution < 1.29 is 9.90 Å². The van der Waals surface area contributed by atoms with Gasteiger partial charge in [0.05, 0.1) is 6.20 Å². The Balaban J connectivity index is 2.25. The van der Waals surface area contributed by atoms with E-state index in [1.54, 1.807) is 0 Å². The second-order valence-electron chi connectivity index (χ2n) is 3.14. The summed E-state index contributed by atoms with van der Waals surface area (Å²) in [7, 11) is 0. The van der Waals surface area contributed by atoms with E-state index in [-0.39, 0.29) is 5.69 Å². The van der Waals surface area contributed by atoms with E-state index in [9.17, 15) is 4.79 Å². The highest BCUT2D eigenvalue weighted by Crippen LogP contribution is 2.14. The number of hydrogen-bond acceptors (Lipinski definition) is 5. The van der Waals surface area contributed by atoms with Crippen molar-refractivity contribution in [2.45, 2.75) is 12.8 Å². The fourth-order valence-corrected chi connectivity index (χ4v) is 1.45. The fraction of sp³-hybridized carbons (Fsp3) is 0.500. The van der Waals surface area contributed by atoms with Crippen LogP contribution in [-0.4, -0.2) is 39.3 Å². The number of rotatable bonds is 2. The van der Waals surface area contributed by atoms with Gasteiger partial charge in [-0.05, 0) is 12.8 Å². The standard InChI is InChI=1S/C8H10N4O2/c13-7(14)6-5-9-11-8(10-6)12-3-1-2-4-12/h5H,1-4H2,(H,13,14). The summed E-state index contributed by atoms with van der Waals surface area (Å²) in [5.41, 5.74) is -0.0538. The normalized spacial score (nSPS) is 15.9. The number of aromatic nitrogens is 3. The molecule has 1 aromatic rings. The molecule has 0 amide bonds. The van der Waals surface area contributed by atoms with E-state index in [2.05, 4.69) is 15.2 Å². The lowest BCUT2D eigenvalue weighted by Crippen LogP contribution is -2.22. The maximum Gasteiger partial charge on any atom is 0.356 e. The topological polar surface area (TPSA) is 79.2 Å². The van der Waals surface area contributed by atoms with Crippen molar-refractivity contribution in [1.82, 2.24) is 15.2 Å². The van der Waals surface area contributed by atoms with Gasteiger partial charge in [0.15, 0.2) is 5.69 Å². The Bertz CT molecular complexity index is 349. The molecule has 6 nitrogen and oxygen atoms in total. The Morgan fingerprint density at radius 3 is 2.79 bits per heavy atom. The van der Waals surface area contributed by atoms with Crippen molar-refractivity contribution in [3.8, 4) is 0 Å². The number of carbonyl (C=O) groups is 1. The van der Waals surface area contributed by atoms with Crippen molar-refractivity contribution in [1.29, 1.82) is 0 Å². The van der Waals surface area contributed by atoms with Crippen molar-refractivity contribution in [2.24, 2.45) is 0 Å². The monoisotopic (exact) mass is 194 g/mol. The minimum Gasteiger partial charge on any atom is -0.476 e. The third-order valence-corrected chi connectivity index (χ3v) is 2.16. The minimum absolute atomic E-state index is 0.0538. The van der Waals surface area contributed by atoms with Gasteiger partial charge in [-0.15, -0.1) is 5.10 Å². The molecule has 0 aromatic carbocycles. The molecule has 0 radical (unpaired) electrons. The highest BCUT2D eigenvalue weighted by Gasteiger charge is 2.16. The summed E-state index contributed by atoms with van der Waals surface area (Å²) >= 11 is 0. The smallest absolute Gasteiger partial charge is 0.356 e. The average Bonchev–Trinajstić information content (AvgIpc) is 2.71. The van der Waals surface area contributed by atoms with E-state index in [0.717, 1.165) is 32.1 Å². The predicted octanol–water partition coefficient (Wildman–Crippen LogP) is 0.170. The number of aromatic carboxylic acids is 1. The number of carboxylic acid groups (broad SMARTS) is 1. The summed E-state index contributed by atoms with van der Waals surface area (Å²) in [5.74, 6) is -0.650. The molecule has 1 aliphatic rings. The van der Waals surface area contributed by atoms with Crippen LogP contribution in [-0.2, 0) is 0 Å². The number of nitrogens with zero attached hydrogens (tertiary/aromatic N) is 4. The molecule has 6 heteroatoms. The summed E-state index contributed by atoms with van der Waals surface area (Å²) in [6, 6.07) is 0. The van der Waals surface area contributed by atoms with Crippen LogP contribution in [0.2, 0.25) is 0 Å². The van der Waals surface area contributed by atoms with Crippen LogP contribution in [0.4, 0.5) is 5.95 Å². The van der Waals surface area contributed by atoms with E-state index >= 15 is 0 Å². The second-order valence-corrected chi connectivity index (χ2v) is 3.14. The molecule has 0 saturated carbocycles. The number of carboxylic acids is 1. The van der Waals surface area contributed by atoms with Gasteiger partial charge in [0.1, 0.15) is 0 Å². The lowest BCUT2D eigenvalue weighted by atomic mass is 10.4. The van der Waals surface area contributed by atoms with Crippen LogP contribution in [0.3, 0.4) is 0 Å². The van der Waals surface area contributed by atoms with Crippen LogP contribution in [0.1, 0.15) is 23.3 Å². The van der Waals surface area contributed by atoms with Gasteiger partial charge < -0.3 is 10.0 Å². The first kappa shape index (κ1) is 8.86. The Morgan fingerprint density at radius 1 is 1.43 bits per heavy atom. The summed E-state index contributed by atoms with van der Waals surface area (Å²) < 4.78 is 0. The van der Waals surface area contributed by atoms with Crippen molar-refractivity contribution >= 4 is 11.9 Å². The lowest BCUT2D eigenvalue weighted by Gasteiger charge is -2.13. The van der Waals surface area contributed by atoms with Gasteiger partial charge in [-0.1, -0.05) is 0 Å². The van der Waals surface area contributed by atoms with E-state index in [4.69, 9.17) is 5.11 Å². The SMILES string of the molecule is O=C(O)c1cnnc(N2CCCC2)n1. The number of hydrogen-bond donors (Lipinski definition) is 1. The Hall–Kier alpha value is -1.72. The lowest BCUT2D eigenvalue weighted by molar-refractivity contribution is 0.0689. The van der Waals surface area contributed by atoms with E-state index in [1.807, 2.05) is 4.90 Å². The number of anilines is 1. The maximum absolute atomic E-state index is 10.6. The summed E-state index contributed by atoms with van der Waals surface area (Å²) in [6.07, 6.45) is 3.35. The van der Waals surface area contributed by atoms with Crippen LogP contribution in [0.25, 0.3) is 0 Å². The zero-order chi connectivity index (χ0) is 9.97. The van der Waals surface area contributed by atoms with Crippen LogP contribution in [0.15, 0.2) is 6.20 Å². The molecule has 0 atom stereocenters. The molecule has 1 aliphatic heterocycles. The molecule has 1 fully saturated rings. The zero-order valence-electron chi connectivity index (χ0n) is 7.55. The average molecular weight is 194 g/mol. The zero-order valence-corrected chi connectivity index (χ0v) is 7.55. The van der Waals surface area contributed by atoms with Crippen molar-refractivity contribution in [2.75, 3.05) is 18.0 Å². The Kier molecular flexibility index (Phi) is 2.26. The Labute approximate surface area is 80.6 Å². The van der Waals surface area contributed by atoms with Gasteiger partial charge in [0.2, 0.25) is 5.95 Å². The van der Waals surface area contributed by atoms with E-state index in [0.29, 0.717) is 5.95 Å². The first-order chi connectivity index (χ1) is 6.77. The maximum atomic E-state index is 10.6. The largest absolute Gasteiger partial charge is 0.476 e. The van der Waals surface area contributed by atoms with Crippen LogP contribution in [0.5, 0.6) is 0 Å². The van der Waals surface area contributed by atoms with Gasteiger partial charge in [-0.25, -0.2) is 9.78 Å². The van der Waals surface area contributed by atoms with Crippen molar-refractivity contribution in [3.05, 3.63) is 11.9 Å². The summed E-state index contributed by atoms with van der Waals surface area (Å²) in [6.45, 7) is 1.76. The van der Waals surface area contributed by atoms with Crippen LogP contribution < -0.4 is 4.90 Å². The quantitative estimate of drug-likeness (QED) is 0.723. The first-order valence-electron chi connectivity index (χ1n) is 4.45. The molecule has 74 valence electrons. The molecule has 1 N–H and O–H groups in total. The van der Waals surface area contributed by atoms with Gasteiger partial charge in [-0.2, -0.15) is 5.10 Å². The van der Waals surface area contributed by atoms with Crippen LogP contribution >= 0.6 is 0 Å². The molecule has 0 unspecified atom stereocenters. The van der Waals surface area contributed by atoms with Crippen LogP contribution in [0, 0.1) is 0 Å². The fourth-order valence-electron chi connectivity index (χ4n) is 1.45. The van der Waals surface area contributed by atoms with E-state index < -0.39 is 5.97 Å². The molecular formula is C8H10N4O2. The molecule has 1 saturated heterocycles. The highest BCUT2D eigenvalue weighted by molar-refractivity contribution is 5.85. The molecule has 0 bridgehead atoms. The van der Waals surface area contributed by atoms with Gasteiger partial charge >= 0.3 is 5.97 Å². The molecule has 1 aromatic heterocycles. The van der Waals surface area contributed by atoms with Gasteiger partial charge in [0, 0.05) is 13.1 Å². The Morgan fingerprint density at radius 2 is 2.14 bits per heavy atom. The minimum atomic E-state index is -1.07. The molecule has 0 aliphatic carbocycles. The molecule has 14 heavy (non-hydrogen) atoms. The third-order valence-electron chi connectivity index (χ3n) is 2.16. The molecule has 2 heterocycles. The van der Waals surface area contributed by atoms with Gasteiger partial charge in [0.25, 0.3) is 0 Å². The summed E-state index contributed by atoms with van der Waals surface area (Å²) in [5, 5.41) is 16.1. The molecule has 2 rings (SSSR count). The molecular weight excluding hydrogens is 184 g/mol. The van der Waals surface area contributed by atoms with Gasteiger partial charge in [-0.3, -0.25) is 0 Å². The molecule has 0 spiro atoms.